The second kappa shape index (κ2) is 6.24. The Morgan fingerprint density at radius 3 is 2.83 bits per heavy atom. The van der Waals surface area contributed by atoms with Gasteiger partial charge in [0.2, 0.25) is 0 Å². The number of hydrogen-bond acceptors (Lipinski definition) is 1. The van der Waals surface area contributed by atoms with Crippen LogP contribution < -0.4 is 5.32 Å². The molecule has 3 rings (SSSR count). The number of carbonyl (C=O) groups is 1. The van der Waals surface area contributed by atoms with E-state index in [-0.39, 0.29) is 23.0 Å². The molecule has 1 aliphatic heterocycles. The highest BCUT2D eigenvalue weighted by Crippen LogP contribution is 2.33. The van der Waals surface area contributed by atoms with Gasteiger partial charge in [-0.1, -0.05) is 25.4 Å². The second-order valence-corrected chi connectivity index (χ2v) is 6.47. The number of carbonyl (C=O) groups excluding carboxylic acids is 1. The molecule has 2 amide bonds. The van der Waals surface area contributed by atoms with Crippen molar-refractivity contribution < 1.29 is 9.18 Å². The van der Waals surface area contributed by atoms with E-state index in [9.17, 15) is 9.18 Å². The first-order valence-electron chi connectivity index (χ1n) is 7.65. The zero-order valence-electron chi connectivity index (χ0n) is 13.1. The van der Waals surface area contributed by atoms with Gasteiger partial charge in [-0.15, -0.1) is 0 Å². The first-order chi connectivity index (χ1) is 11.0. The molecule has 1 aromatic carbocycles. The van der Waals surface area contributed by atoms with Gasteiger partial charge in [-0.3, -0.25) is 0 Å². The molecule has 2 heterocycles. The van der Waals surface area contributed by atoms with E-state index < -0.39 is 5.82 Å². The van der Waals surface area contributed by atoms with E-state index in [4.69, 9.17) is 11.6 Å². The van der Waals surface area contributed by atoms with Crippen molar-refractivity contribution in [2.45, 2.75) is 26.4 Å². The highest BCUT2D eigenvalue weighted by atomic mass is 35.5. The number of halogens is 2. The third-order valence-electron chi connectivity index (χ3n) is 4.15. The minimum atomic E-state index is -0.500. The van der Waals surface area contributed by atoms with Crippen LogP contribution in [-0.2, 0) is 6.54 Å². The molecule has 4 nitrogen and oxygen atoms in total. The minimum absolute atomic E-state index is 0.00395. The van der Waals surface area contributed by atoms with Crippen LogP contribution in [0.1, 0.15) is 25.6 Å². The average Bonchev–Trinajstić information content (AvgIpc) is 2.98. The van der Waals surface area contributed by atoms with Gasteiger partial charge in [0, 0.05) is 30.7 Å². The van der Waals surface area contributed by atoms with Crippen molar-refractivity contribution in [1.82, 2.24) is 9.47 Å². The van der Waals surface area contributed by atoms with E-state index in [0.717, 1.165) is 12.2 Å². The first kappa shape index (κ1) is 15.9. The summed E-state index contributed by atoms with van der Waals surface area (Å²) in [6, 6.07) is 8.06. The fraction of sp³-hybridized carbons (Fsp3) is 0.353. The van der Waals surface area contributed by atoms with Crippen LogP contribution in [0.5, 0.6) is 0 Å². The number of fused-ring (bicyclic) bond motifs is 1. The van der Waals surface area contributed by atoms with E-state index in [0.29, 0.717) is 12.2 Å². The smallest absolute Gasteiger partial charge is 0.322 e. The summed E-state index contributed by atoms with van der Waals surface area (Å²) >= 11 is 5.77. The second-order valence-electron chi connectivity index (χ2n) is 6.07. The molecule has 1 aliphatic rings. The topological polar surface area (TPSA) is 37.3 Å². The average molecular weight is 336 g/mol. The number of amides is 2. The molecule has 0 radical (unpaired) electrons. The molecule has 1 N–H and O–H groups in total. The molecule has 122 valence electrons. The van der Waals surface area contributed by atoms with Gasteiger partial charge in [-0.2, -0.15) is 0 Å². The van der Waals surface area contributed by atoms with Gasteiger partial charge in [0.15, 0.2) is 0 Å². The van der Waals surface area contributed by atoms with Crippen molar-refractivity contribution in [3.05, 3.63) is 53.1 Å². The molecule has 0 aliphatic carbocycles. The summed E-state index contributed by atoms with van der Waals surface area (Å²) in [4.78, 5) is 14.5. The molecular formula is C17H19ClFN3O. The van der Waals surface area contributed by atoms with Crippen molar-refractivity contribution in [2.75, 3.05) is 11.9 Å². The molecule has 0 spiro atoms. The van der Waals surface area contributed by atoms with Crippen molar-refractivity contribution >= 4 is 23.3 Å². The zero-order valence-corrected chi connectivity index (χ0v) is 13.8. The maximum Gasteiger partial charge on any atom is 0.322 e. The van der Waals surface area contributed by atoms with Crippen LogP contribution in [0.3, 0.4) is 0 Å². The number of benzene rings is 1. The summed E-state index contributed by atoms with van der Waals surface area (Å²) in [6.07, 6.45) is 2.04. The fourth-order valence-electron chi connectivity index (χ4n) is 3.11. The third kappa shape index (κ3) is 3.06. The SMILES string of the molecule is CC(C)C1c2cccn2CCN1C(=O)Nc1ccc(F)c(Cl)c1. The van der Waals surface area contributed by atoms with Crippen LogP contribution >= 0.6 is 11.6 Å². The van der Waals surface area contributed by atoms with E-state index in [1.54, 1.807) is 0 Å². The number of hydrogen-bond donors (Lipinski definition) is 1. The largest absolute Gasteiger partial charge is 0.348 e. The van der Waals surface area contributed by atoms with Gasteiger partial charge >= 0.3 is 6.03 Å². The summed E-state index contributed by atoms with van der Waals surface area (Å²) in [7, 11) is 0. The first-order valence-corrected chi connectivity index (χ1v) is 8.03. The highest BCUT2D eigenvalue weighted by Gasteiger charge is 2.32. The van der Waals surface area contributed by atoms with Crippen LogP contribution in [-0.4, -0.2) is 22.0 Å². The molecular weight excluding hydrogens is 317 g/mol. The van der Waals surface area contributed by atoms with Gasteiger partial charge in [-0.25, -0.2) is 9.18 Å². The molecule has 1 aromatic heterocycles. The Labute approximate surface area is 139 Å². The van der Waals surface area contributed by atoms with Crippen LogP contribution in [0.2, 0.25) is 5.02 Å². The van der Waals surface area contributed by atoms with Crippen LogP contribution in [0.4, 0.5) is 14.9 Å². The number of nitrogens with zero attached hydrogens (tertiary/aromatic N) is 2. The minimum Gasteiger partial charge on any atom is -0.348 e. The van der Waals surface area contributed by atoms with Crippen molar-refractivity contribution in [1.29, 1.82) is 0 Å². The third-order valence-corrected chi connectivity index (χ3v) is 4.44. The monoisotopic (exact) mass is 335 g/mol. The highest BCUT2D eigenvalue weighted by molar-refractivity contribution is 6.31. The number of nitrogens with one attached hydrogen (secondary N) is 1. The maximum atomic E-state index is 13.2. The Morgan fingerprint density at radius 2 is 2.13 bits per heavy atom. The number of rotatable bonds is 2. The molecule has 1 atom stereocenters. The lowest BCUT2D eigenvalue weighted by molar-refractivity contribution is 0.144. The molecule has 1 unspecified atom stereocenters. The summed E-state index contributed by atoms with van der Waals surface area (Å²) in [5, 5.41) is 2.81. The fourth-order valence-corrected chi connectivity index (χ4v) is 3.29. The Bertz CT molecular complexity index is 728. The molecule has 0 saturated carbocycles. The van der Waals surface area contributed by atoms with Gasteiger partial charge in [-0.05, 0) is 36.2 Å². The molecule has 0 saturated heterocycles. The molecule has 2 aromatic rings. The predicted octanol–water partition coefficient (Wildman–Crippen LogP) is 4.53. The van der Waals surface area contributed by atoms with E-state index in [1.165, 1.54) is 18.2 Å². The number of urea groups is 1. The Hall–Kier alpha value is -2.01. The molecule has 23 heavy (non-hydrogen) atoms. The number of anilines is 1. The van der Waals surface area contributed by atoms with Gasteiger partial charge in [0.25, 0.3) is 0 Å². The lowest BCUT2D eigenvalue weighted by Crippen LogP contribution is -2.45. The summed E-state index contributed by atoms with van der Waals surface area (Å²) in [5.41, 5.74) is 1.63. The van der Waals surface area contributed by atoms with E-state index in [1.807, 2.05) is 17.2 Å². The Kier molecular flexibility index (Phi) is 4.31. The van der Waals surface area contributed by atoms with E-state index >= 15 is 0 Å². The van der Waals surface area contributed by atoms with Gasteiger partial charge in [0.05, 0.1) is 11.1 Å². The molecule has 0 fully saturated rings. The van der Waals surface area contributed by atoms with Crippen molar-refractivity contribution in [3.63, 3.8) is 0 Å². The quantitative estimate of drug-likeness (QED) is 0.860. The summed E-state index contributed by atoms with van der Waals surface area (Å²) in [5.74, 6) is -0.216. The van der Waals surface area contributed by atoms with Crippen LogP contribution in [0, 0.1) is 11.7 Å². The molecule has 0 bridgehead atoms. The lowest BCUT2D eigenvalue weighted by Gasteiger charge is -2.39. The zero-order chi connectivity index (χ0) is 16.6. The van der Waals surface area contributed by atoms with Gasteiger partial charge < -0.3 is 14.8 Å². The lowest BCUT2D eigenvalue weighted by atomic mass is 9.97. The van der Waals surface area contributed by atoms with Crippen LogP contribution in [0.25, 0.3) is 0 Å². The van der Waals surface area contributed by atoms with Crippen molar-refractivity contribution in [3.8, 4) is 0 Å². The standard InChI is InChI=1S/C17H19ClFN3O/c1-11(2)16-15-4-3-7-21(15)8-9-22(16)17(23)20-12-5-6-14(19)13(18)10-12/h3-7,10-11,16H,8-9H2,1-2H3,(H,20,23). The Balaban J connectivity index is 1.82. The summed E-state index contributed by atoms with van der Waals surface area (Å²) in [6.45, 7) is 5.60. The van der Waals surface area contributed by atoms with Crippen molar-refractivity contribution in [2.24, 2.45) is 5.92 Å². The predicted molar refractivity (Wildman–Crippen MR) is 89.1 cm³/mol. The molecule has 6 heteroatoms. The number of aromatic nitrogens is 1. The summed E-state index contributed by atoms with van der Waals surface area (Å²) < 4.78 is 15.4. The Morgan fingerprint density at radius 1 is 1.35 bits per heavy atom. The van der Waals surface area contributed by atoms with E-state index in [2.05, 4.69) is 29.8 Å². The van der Waals surface area contributed by atoms with Crippen LogP contribution in [0.15, 0.2) is 36.5 Å². The normalized spacial score (nSPS) is 17.3. The maximum absolute atomic E-state index is 13.2. The van der Waals surface area contributed by atoms with Gasteiger partial charge in [0.1, 0.15) is 5.82 Å².